The van der Waals surface area contributed by atoms with E-state index >= 15 is 0 Å². The van der Waals surface area contributed by atoms with Gasteiger partial charge in [-0.2, -0.15) is 0 Å². The molecule has 2 aromatic rings. The summed E-state index contributed by atoms with van der Waals surface area (Å²) in [5.41, 5.74) is 2.06. The zero-order valence-electron chi connectivity index (χ0n) is 24.2. The van der Waals surface area contributed by atoms with E-state index in [2.05, 4.69) is 39.2 Å². The summed E-state index contributed by atoms with van der Waals surface area (Å²) in [5.74, 6) is -0.369. The first kappa shape index (κ1) is 29.6. The van der Waals surface area contributed by atoms with Gasteiger partial charge in [-0.15, -0.1) is 0 Å². The smallest absolute Gasteiger partial charge is 0.411 e. The third kappa shape index (κ3) is 7.11. The van der Waals surface area contributed by atoms with Crippen LogP contribution in [0.5, 0.6) is 0 Å². The number of Topliss-reactive ketones (excluding diaryl/α,β-unsaturated/α-hetero) is 1. The first-order chi connectivity index (χ1) is 17.5. The van der Waals surface area contributed by atoms with Gasteiger partial charge in [-0.05, 0) is 75.2 Å². The van der Waals surface area contributed by atoms with E-state index in [4.69, 9.17) is 9.16 Å². The van der Waals surface area contributed by atoms with Gasteiger partial charge in [0.05, 0.1) is 6.10 Å². The number of hydrogen-bond donors (Lipinski definition) is 1. The van der Waals surface area contributed by atoms with Gasteiger partial charge in [0.15, 0.2) is 14.1 Å². The van der Waals surface area contributed by atoms with Gasteiger partial charge in [0.2, 0.25) is 5.91 Å². The lowest BCUT2D eigenvalue weighted by atomic mass is 9.96. The molecule has 1 aliphatic rings. The number of anilines is 1. The number of ether oxygens (including phenoxy) is 1. The van der Waals surface area contributed by atoms with Gasteiger partial charge in [0, 0.05) is 24.2 Å². The summed E-state index contributed by atoms with van der Waals surface area (Å²) >= 11 is 0. The molecule has 38 heavy (non-hydrogen) atoms. The molecule has 0 saturated carbocycles. The van der Waals surface area contributed by atoms with E-state index in [9.17, 15) is 14.4 Å². The summed E-state index contributed by atoms with van der Waals surface area (Å²) in [5, 5.41) is 2.97. The Morgan fingerprint density at radius 3 is 2.16 bits per heavy atom. The van der Waals surface area contributed by atoms with E-state index in [-0.39, 0.29) is 29.4 Å². The molecule has 2 amide bonds. The Kier molecular flexibility index (Phi) is 8.58. The van der Waals surface area contributed by atoms with Crippen molar-refractivity contribution >= 4 is 31.8 Å². The summed E-state index contributed by atoms with van der Waals surface area (Å²) in [6.07, 6.45) is -0.413. The number of nitrogens with one attached hydrogen (secondary N) is 1. The van der Waals surface area contributed by atoms with Crippen molar-refractivity contribution in [1.82, 2.24) is 4.90 Å². The van der Waals surface area contributed by atoms with Crippen LogP contribution < -0.4 is 5.32 Å². The normalized spacial score (nSPS) is 18.3. The first-order valence-electron chi connectivity index (χ1n) is 13.2. The fourth-order valence-corrected chi connectivity index (χ4v) is 5.62. The number of ketones is 1. The number of hydrogen-bond acceptors (Lipinski definition) is 5. The van der Waals surface area contributed by atoms with Crippen molar-refractivity contribution in [3.8, 4) is 11.1 Å². The molecule has 1 unspecified atom stereocenters. The molecule has 2 aromatic carbocycles. The maximum atomic E-state index is 13.6. The van der Waals surface area contributed by atoms with Crippen molar-refractivity contribution in [2.45, 2.75) is 90.8 Å². The zero-order valence-corrected chi connectivity index (χ0v) is 25.2. The van der Waals surface area contributed by atoms with Crippen molar-refractivity contribution in [3.63, 3.8) is 0 Å². The van der Waals surface area contributed by atoms with Crippen molar-refractivity contribution in [1.29, 1.82) is 0 Å². The zero-order chi connectivity index (χ0) is 28.5. The maximum Gasteiger partial charge on any atom is 0.411 e. The highest BCUT2D eigenvalue weighted by Crippen LogP contribution is 2.39. The molecule has 1 saturated heterocycles. The van der Waals surface area contributed by atoms with Crippen LogP contribution in [0.1, 0.15) is 65.2 Å². The third-order valence-corrected chi connectivity index (χ3v) is 11.7. The number of likely N-dealkylation sites (tertiary alicyclic amines) is 1. The summed E-state index contributed by atoms with van der Waals surface area (Å²) in [4.78, 5) is 40.5. The highest BCUT2D eigenvalue weighted by Gasteiger charge is 2.46. The standard InChI is InChI=1S/C30H42N2O5Si/c1-20(33)24-16-15-22(17-25(24)21-13-11-10-12-14-21)31-27(34)26-18-23(37-38(8,9)30(5,6)7)19-32(26)28(35)36-29(2,3)4/h10-17,23,26H,18-19H2,1-9H3,(H,31,34)/t23?,26-/m1/s1. The molecule has 206 valence electrons. The van der Waals surface area contributed by atoms with Crippen LogP contribution >= 0.6 is 0 Å². The maximum absolute atomic E-state index is 13.6. The van der Waals surface area contributed by atoms with Gasteiger partial charge in [-0.25, -0.2) is 4.79 Å². The van der Waals surface area contributed by atoms with Gasteiger partial charge in [0.25, 0.3) is 0 Å². The lowest BCUT2D eigenvalue weighted by Gasteiger charge is -2.38. The second kappa shape index (κ2) is 11.0. The molecule has 8 heteroatoms. The minimum Gasteiger partial charge on any atom is -0.444 e. The van der Waals surface area contributed by atoms with Crippen LogP contribution in [0.2, 0.25) is 18.1 Å². The first-order valence-corrected chi connectivity index (χ1v) is 16.1. The highest BCUT2D eigenvalue weighted by atomic mass is 28.4. The van der Waals surface area contributed by atoms with Gasteiger partial charge in [-0.3, -0.25) is 14.5 Å². The van der Waals surface area contributed by atoms with E-state index in [0.29, 0.717) is 17.7 Å². The molecular formula is C30H42N2O5Si. The average molecular weight is 539 g/mol. The van der Waals surface area contributed by atoms with Crippen LogP contribution in [-0.4, -0.2) is 55.3 Å². The minimum atomic E-state index is -2.12. The van der Waals surface area contributed by atoms with Crippen LogP contribution in [0, 0.1) is 0 Å². The second-order valence-electron chi connectivity index (χ2n) is 12.6. The monoisotopic (exact) mass is 538 g/mol. The summed E-state index contributed by atoms with van der Waals surface area (Å²) in [7, 11) is -2.12. The van der Waals surface area contributed by atoms with E-state index < -0.39 is 26.1 Å². The lowest BCUT2D eigenvalue weighted by molar-refractivity contribution is -0.120. The van der Waals surface area contributed by atoms with Gasteiger partial charge < -0.3 is 14.5 Å². The molecule has 7 nitrogen and oxygen atoms in total. The number of nitrogens with zero attached hydrogens (tertiary/aromatic N) is 1. The molecule has 0 bridgehead atoms. The fraction of sp³-hybridized carbons (Fsp3) is 0.500. The van der Waals surface area contributed by atoms with Crippen molar-refractivity contribution in [2.24, 2.45) is 0 Å². The van der Waals surface area contributed by atoms with Gasteiger partial charge in [-0.1, -0.05) is 51.1 Å². The molecule has 3 rings (SSSR count). The predicted octanol–water partition coefficient (Wildman–Crippen LogP) is 6.89. The second-order valence-corrected chi connectivity index (χ2v) is 17.3. The Balaban J connectivity index is 1.88. The Bertz CT molecular complexity index is 1180. The molecule has 0 aliphatic carbocycles. The largest absolute Gasteiger partial charge is 0.444 e. The van der Waals surface area contributed by atoms with E-state index in [1.54, 1.807) is 39.0 Å². The summed E-state index contributed by atoms with van der Waals surface area (Å²) < 4.78 is 12.2. The number of carbonyl (C=O) groups is 3. The van der Waals surface area contributed by atoms with Crippen LogP contribution in [0.3, 0.4) is 0 Å². The van der Waals surface area contributed by atoms with Crippen molar-refractivity contribution in [3.05, 3.63) is 54.1 Å². The van der Waals surface area contributed by atoms with E-state index in [1.807, 2.05) is 30.3 Å². The van der Waals surface area contributed by atoms with Crippen LogP contribution in [0.4, 0.5) is 10.5 Å². The SMILES string of the molecule is CC(=O)c1ccc(NC(=O)[C@H]2CC(O[Si](C)(C)C(C)(C)C)CN2C(=O)OC(C)(C)C)cc1-c1ccccc1. The molecule has 1 heterocycles. The molecule has 2 atom stereocenters. The molecule has 1 N–H and O–H groups in total. The number of benzene rings is 2. The molecular weight excluding hydrogens is 496 g/mol. The summed E-state index contributed by atoms with van der Waals surface area (Å²) in [6.45, 7) is 18.1. The summed E-state index contributed by atoms with van der Waals surface area (Å²) in [6, 6.07) is 14.1. The van der Waals surface area contributed by atoms with Crippen LogP contribution in [0.15, 0.2) is 48.5 Å². The van der Waals surface area contributed by atoms with Gasteiger partial charge in [0.1, 0.15) is 11.6 Å². The van der Waals surface area contributed by atoms with E-state index in [0.717, 1.165) is 11.1 Å². The Hall–Kier alpha value is -2.97. The van der Waals surface area contributed by atoms with Crippen molar-refractivity contribution < 1.29 is 23.5 Å². The Morgan fingerprint density at radius 1 is 0.974 bits per heavy atom. The topological polar surface area (TPSA) is 84.9 Å². The molecule has 0 radical (unpaired) electrons. The third-order valence-electron chi connectivity index (χ3n) is 7.21. The fourth-order valence-electron chi connectivity index (χ4n) is 4.26. The Labute approximate surface area is 228 Å². The molecule has 1 aliphatic heterocycles. The van der Waals surface area contributed by atoms with Crippen LogP contribution in [0.25, 0.3) is 11.1 Å². The van der Waals surface area contributed by atoms with E-state index in [1.165, 1.54) is 11.8 Å². The van der Waals surface area contributed by atoms with Crippen molar-refractivity contribution in [2.75, 3.05) is 11.9 Å². The quantitative estimate of drug-likeness (QED) is 0.320. The number of amides is 2. The lowest BCUT2D eigenvalue weighted by Crippen LogP contribution is -2.46. The number of rotatable bonds is 6. The van der Waals surface area contributed by atoms with Gasteiger partial charge >= 0.3 is 6.09 Å². The molecule has 0 aromatic heterocycles. The Morgan fingerprint density at radius 2 is 1.61 bits per heavy atom. The molecule has 0 spiro atoms. The average Bonchev–Trinajstić information content (AvgIpc) is 3.21. The highest BCUT2D eigenvalue weighted by molar-refractivity contribution is 6.74. The predicted molar refractivity (Wildman–Crippen MR) is 154 cm³/mol. The minimum absolute atomic E-state index is 0.00358. The van der Waals surface area contributed by atoms with Crippen LogP contribution in [-0.2, 0) is 14.0 Å². The molecule has 1 fully saturated rings. The number of carbonyl (C=O) groups excluding carboxylic acids is 3.